The van der Waals surface area contributed by atoms with Gasteiger partial charge in [0.05, 0.1) is 11.0 Å². The van der Waals surface area contributed by atoms with Crippen LogP contribution in [-0.4, -0.2) is 4.57 Å². The monoisotopic (exact) mass is 654 g/mol. The highest BCUT2D eigenvalue weighted by molar-refractivity contribution is 6.13. The topological polar surface area (TPSA) is 21.3 Å². The first-order valence-electron chi connectivity index (χ1n) is 18.0. The van der Waals surface area contributed by atoms with Crippen molar-refractivity contribution in [1.82, 2.24) is 4.57 Å². The number of fused-ring (bicyclic) bond motifs is 8. The van der Waals surface area contributed by atoms with Crippen molar-refractivity contribution in [2.75, 3.05) is 4.90 Å². The number of hydrogen-bond acceptors (Lipinski definition) is 2. The molecule has 0 N–H and O–H groups in total. The summed E-state index contributed by atoms with van der Waals surface area (Å²) in [7, 11) is 0. The van der Waals surface area contributed by atoms with E-state index in [-0.39, 0.29) is 0 Å². The smallest absolute Gasteiger partial charge is 0.136 e. The summed E-state index contributed by atoms with van der Waals surface area (Å²) >= 11 is 0. The number of para-hydroxylation sites is 3. The second kappa shape index (κ2) is 11.1. The molecule has 1 unspecified atom stereocenters. The van der Waals surface area contributed by atoms with Gasteiger partial charge in [-0.2, -0.15) is 0 Å². The van der Waals surface area contributed by atoms with E-state index in [1.54, 1.807) is 0 Å². The molecule has 242 valence electrons. The SMILES string of the molecule is C1=CCC2C(=C1)N(c1cccc(-c3cccc4oc5ccccc5c34)c1)C1=C2C=C(c2ccc3c(c2)c2ccccc2n3-c2ccccc2)CC1. The summed E-state index contributed by atoms with van der Waals surface area (Å²) in [6.07, 6.45) is 12.5. The van der Waals surface area contributed by atoms with E-state index in [0.717, 1.165) is 35.8 Å². The number of aromatic nitrogens is 1. The Balaban J connectivity index is 1.02. The van der Waals surface area contributed by atoms with Gasteiger partial charge in [0.15, 0.2) is 0 Å². The molecule has 2 aliphatic carbocycles. The molecule has 0 saturated heterocycles. The average molecular weight is 655 g/mol. The number of furan rings is 1. The zero-order valence-corrected chi connectivity index (χ0v) is 28.1. The molecular formula is C48H34N2O. The normalized spacial score (nSPS) is 17.0. The van der Waals surface area contributed by atoms with Crippen LogP contribution in [-0.2, 0) is 0 Å². The molecule has 0 fully saturated rings. The lowest BCUT2D eigenvalue weighted by molar-refractivity contribution is 0.669. The van der Waals surface area contributed by atoms with Crippen LogP contribution in [0, 0.1) is 5.92 Å². The second-order valence-electron chi connectivity index (χ2n) is 14.0. The molecule has 0 bridgehead atoms. The molecule has 0 saturated carbocycles. The van der Waals surface area contributed by atoms with E-state index in [1.165, 1.54) is 77.8 Å². The van der Waals surface area contributed by atoms with E-state index in [2.05, 4.69) is 167 Å². The van der Waals surface area contributed by atoms with Gasteiger partial charge >= 0.3 is 0 Å². The molecule has 0 amide bonds. The van der Waals surface area contributed by atoms with Crippen molar-refractivity contribution in [2.45, 2.75) is 19.3 Å². The van der Waals surface area contributed by atoms with Gasteiger partial charge in [0, 0.05) is 50.2 Å². The van der Waals surface area contributed by atoms with Gasteiger partial charge < -0.3 is 13.9 Å². The third-order valence-corrected chi connectivity index (χ3v) is 11.2. The van der Waals surface area contributed by atoms with E-state index in [1.807, 2.05) is 6.07 Å². The van der Waals surface area contributed by atoms with E-state index in [4.69, 9.17) is 4.42 Å². The van der Waals surface area contributed by atoms with Crippen LogP contribution in [0.5, 0.6) is 0 Å². The predicted octanol–water partition coefficient (Wildman–Crippen LogP) is 12.8. The first-order valence-corrected chi connectivity index (χ1v) is 18.0. The van der Waals surface area contributed by atoms with Crippen molar-refractivity contribution in [2.24, 2.45) is 5.92 Å². The zero-order valence-electron chi connectivity index (χ0n) is 28.1. The maximum Gasteiger partial charge on any atom is 0.136 e. The Hall–Kier alpha value is -6.32. The standard InChI is InChI=1S/C48H34N2O/c1-2-13-34(14-3-1)49-42-20-7-4-16-37(42)40-29-31(24-26-44(40)49)32-25-27-45-41(30-32)38-17-5-8-21-43(38)50(45)35-15-10-12-33(28-35)36-19-11-23-47-48(36)39-18-6-9-22-46(39)51-47/h1-16,18-24,26,28-30,38H,17,25,27H2. The zero-order chi connectivity index (χ0) is 33.5. The third-order valence-electron chi connectivity index (χ3n) is 11.2. The number of nitrogens with zero attached hydrogens (tertiary/aromatic N) is 2. The molecule has 2 aromatic heterocycles. The van der Waals surface area contributed by atoms with E-state index < -0.39 is 0 Å². The minimum absolute atomic E-state index is 0.355. The summed E-state index contributed by atoms with van der Waals surface area (Å²) in [6, 6.07) is 50.5. The lowest BCUT2D eigenvalue weighted by Crippen LogP contribution is -2.20. The molecule has 3 nitrogen and oxygen atoms in total. The number of anilines is 1. The van der Waals surface area contributed by atoms with Crippen LogP contribution in [0.2, 0.25) is 0 Å². The molecule has 0 radical (unpaired) electrons. The van der Waals surface area contributed by atoms with Crippen LogP contribution < -0.4 is 4.90 Å². The lowest BCUT2D eigenvalue weighted by Gasteiger charge is -2.28. The van der Waals surface area contributed by atoms with E-state index >= 15 is 0 Å². The largest absolute Gasteiger partial charge is 0.456 e. The Morgan fingerprint density at radius 1 is 0.588 bits per heavy atom. The molecular weight excluding hydrogens is 621 g/mol. The predicted molar refractivity (Wildman–Crippen MR) is 212 cm³/mol. The number of benzene rings is 6. The van der Waals surface area contributed by atoms with Gasteiger partial charge in [-0.25, -0.2) is 0 Å². The minimum Gasteiger partial charge on any atom is -0.456 e. The molecule has 11 rings (SSSR count). The van der Waals surface area contributed by atoms with Crippen LogP contribution in [0.3, 0.4) is 0 Å². The molecule has 0 spiro atoms. The Morgan fingerprint density at radius 3 is 2.31 bits per heavy atom. The average Bonchev–Trinajstić information content (AvgIpc) is 3.85. The summed E-state index contributed by atoms with van der Waals surface area (Å²) < 4.78 is 8.65. The highest BCUT2D eigenvalue weighted by atomic mass is 16.3. The lowest BCUT2D eigenvalue weighted by atomic mass is 9.85. The van der Waals surface area contributed by atoms with Gasteiger partial charge in [0.2, 0.25) is 0 Å². The molecule has 6 aromatic carbocycles. The van der Waals surface area contributed by atoms with Gasteiger partial charge in [-0.05, 0) is 108 Å². The van der Waals surface area contributed by atoms with E-state index in [9.17, 15) is 0 Å². The number of allylic oxidation sites excluding steroid dienone is 7. The van der Waals surface area contributed by atoms with Crippen molar-refractivity contribution >= 4 is 55.0 Å². The van der Waals surface area contributed by atoms with Crippen LogP contribution in [0.15, 0.2) is 185 Å². The molecule has 8 aromatic rings. The fraction of sp³-hybridized carbons (Fsp3) is 0.0833. The second-order valence-corrected chi connectivity index (χ2v) is 14.0. The van der Waals surface area contributed by atoms with E-state index in [0.29, 0.717) is 5.92 Å². The van der Waals surface area contributed by atoms with Gasteiger partial charge in [0.25, 0.3) is 0 Å². The first-order chi connectivity index (χ1) is 25.3. The number of rotatable bonds is 4. The maximum absolute atomic E-state index is 6.26. The Kier molecular flexibility index (Phi) is 6.20. The third kappa shape index (κ3) is 4.31. The Bertz CT molecular complexity index is 2840. The molecule has 3 heterocycles. The van der Waals surface area contributed by atoms with Crippen LogP contribution in [0.1, 0.15) is 24.8 Å². The van der Waals surface area contributed by atoms with Crippen molar-refractivity contribution in [3.8, 4) is 16.8 Å². The summed E-state index contributed by atoms with van der Waals surface area (Å²) in [6.45, 7) is 0. The summed E-state index contributed by atoms with van der Waals surface area (Å²) in [5.74, 6) is 0.355. The first kappa shape index (κ1) is 28.5. The van der Waals surface area contributed by atoms with Crippen molar-refractivity contribution in [3.63, 3.8) is 0 Å². The highest BCUT2D eigenvalue weighted by Crippen LogP contribution is 2.50. The summed E-state index contributed by atoms with van der Waals surface area (Å²) in [4.78, 5) is 2.56. The van der Waals surface area contributed by atoms with Crippen LogP contribution >= 0.6 is 0 Å². The molecule has 51 heavy (non-hydrogen) atoms. The number of hydrogen-bond donors (Lipinski definition) is 0. The fourth-order valence-corrected chi connectivity index (χ4v) is 8.96. The molecule has 3 aliphatic rings. The van der Waals surface area contributed by atoms with Gasteiger partial charge in [0.1, 0.15) is 11.2 Å². The van der Waals surface area contributed by atoms with Crippen LogP contribution in [0.4, 0.5) is 5.69 Å². The summed E-state index contributed by atoms with van der Waals surface area (Å²) in [5, 5.41) is 4.94. The van der Waals surface area contributed by atoms with Crippen molar-refractivity contribution in [1.29, 1.82) is 0 Å². The molecule has 3 heteroatoms. The fourth-order valence-electron chi connectivity index (χ4n) is 8.96. The summed E-state index contributed by atoms with van der Waals surface area (Å²) in [5.41, 5.74) is 16.2. The van der Waals surface area contributed by atoms with Crippen LogP contribution in [0.25, 0.3) is 66.1 Å². The van der Waals surface area contributed by atoms with Gasteiger partial charge in [-0.3, -0.25) is 0 Å². The molecule has 1 aliphatic heterocycles. The Labute approximate surface area is 296 Å². The minimum atomic E-state index is 0.355. The van der Waals surface area contributed by atoms with Gasteiger partial charge in [-0.15, -0.1) is 0 Å². The van der Waals surface area contributed by atoms with Gasteiger partial charge in [-0.1, -0.05) is 103 Å². The maximum atomic E-state index is 6.26. The molecule has 1 atom stereocenters. The highest BCUT2D eigenvalue weighted by Gasteiger charge is 2.38. The Morgan fingerprint density at radius 2 is 1.37 bits per heavy atom. The quantitative estimate of drug-likeness (QED) is 0.188. The van der Waals surface area contributed by atoms with Crippen molar-refractivity contribution in [3.05, 3.63) is 186 Å². The van der Waals surface area contributed by atoms with Crippen molar-refractivity contribution < 1.29 is 4.42 Å².